The predicted molar refractivity (Wildman–Crippen MR) is 257 cm³/mol. The molecule has 0 saturated carbocycles. The van der Waals surface area contributed by atoms with Crippen molar-refractivity contribution < 1.29 is 0 Å². The van der Waals surface area contributed by atoms with Crippen LogP contribution in [0.3, 0.4) is 0 Å². The van der Waals surface area contributed by atoms with Gasteiger partial charge in [0.05, 0.1) is 0 Å². The zero-order valence-corrected chi connectivity index (χ0v) is 42.8. The Morgan fingerprint density at radius 3 is 0.807 bits per heavy atom. The molecule has 0 aromatic rings. The molecule has 5 aliphatic rings. The summed E-state index contributed by atoms with van der Waals surface area (Å²) in [6, 6.07) is 4.44. The van der Waals surface area contributed by atoms with E-state index >= 15 is 0 Å². The van der Waals surface area contributed by atoms with E-state index in [0.717, 1.165) is 83.6 Å². The molecule has 342 valence electrons. The summed E-state index contributed by atoms with van der Waals surface area (Å²) in [5, 5.41) is 0. The normalized spacial score (nSPS) is 24.3. The van der Waals surface area contributed by atoms with E-state index in [1.807, 2.05) is 0 Å². The maximum atomic E-state index is 2.62. The molecule has 0 amide bonds. The summed E-state index contributed by atoms with van der Waals surface area (Å²) in [5.74, 6) is 7.38. The van der Waals surface area contributed by atoms with Crippen molar-refractivity contribution in [2.24, 2.45) is 47.3 Å². The van der Waals surface area contributed by atoms with Gasteiger partial charge in [-0.05, 0) is 189 Å². The van der Waals surface area contributed by atoms with Crippen molar-refractivity contribution in [3.8, 4) is 0 Å². The number of nitrogens with zero attached hydrogens (tertiary/aromatic N) is 6. The first kappa shape index (κ1) is 54.8. The van der Waals surface area contributed by atoms with Crippen LogP contribution in [0.1, 0.15) is 171 Å². The fraction of sp³-hybridized carbons (Fsp3) is 1.00. The van der Waals surface area contributed by atoms with Crippen molar-refractivity contribution in [1.82, 2.24) is 29.4 Å². The van der Waals surface area contributed by atoms with Crippen molar-refractivity contribution in [3.05, 3.63) is 0 Å². The van der Waals surface area contributed by atoms with E-state index in [9.17, 15) is 0 Å². The summed E-state index contributed by atoms with van der Waals surface area (Å²) in [5.41, 5.74) is 0. The first-order chi connectivity index (χ1) is 26.5. The largest absolute Gasteiger partial charge is 0.301 e. The minimum absolute atomic E-state index is 0.722. The molecule has 0 aromatic carbocycles. The lowest BCUT2D eigenvalue weighted by Gasteiger charge is -2.44. The Bertz CT molecular complexity index is 847. The van der Waals surface area contributed by atoms with Gasteiger partial charge in [-0.2, -0.15) is 0 Å². The smallest absolute Gasteiger partial charge is 0.0113 e. The number of hydrogen-bond donors (Lipinski definition) is 0. The summed E-state index contributed by atoms with van der Waals surface area (Å²) in [6.45, 7) is 61.8. The Balaban J connectivity index is 0.000000357. The van der Waals surface area contributed by atoms with Gasteiger partial charge in [-0.15, -0.1) is 0 Å². The summed E-state index contributed by atoms with van der Waals surface area (Å²) >= 11 is 0. The Hall–Kier alpha value is -0.240. The monoisotopic (exact) mass is 805 g/mol. The van der Waals surface area contributed by atoms with Gasteiger partial charge < -0.3 is 19.6 Å². The fourth-order valence-electron chi connectivity index (χ4n) is 9.15. The topological polar surface area (TPSA) is 19.4 Å². The van der Waals surface area contributed by atoms with Gasteiger partial charge in [-0.25, -0.2) is 0 Å². The molecule has 0 aliphatic carbocycles. The summed E-state index contributed by atoms with van der Waals surface area (Å²) < 4.78 is 0. The summed E-state index contributed by atoms with van der Waals surface area (Å²) in [4.78, 5) is 15.4. The second-order valence-electron chi connectivity index (χ2n) is 22.1. The van der Waals surface area contributed by atoms with Crippen LogP contribution in [0.25, 0.3) is 0 Å². The molecule has 5 aliphatic heterocycles. The summed E-state index contributed by atoms with van der Waals surface area (Å²) in [7, 11) is 0. The van der Waals surface area contributed by atoms with E-state index in [1.54, 1.807) is 0 Å². The molecular formula is C51H108N6. The molecular weight excluding hydrogens is 697 g/mol. The molecule has 2 unspecified atom stereocenters. The first-order valence-electron chi connectivity index (χ1n) is 25.0. The minimum atomic E-state index is 0.722. The average molecular weight is 805 g/mol. The van der Waals surface area contributed by atoms with E-state index in [1.165, 1.54) is 111 Å². The molecule has 0 aromatic heterocycles. The molecule has 6 nitrogen and oxygen atoms in total. The lowest BCUT2D eigenvalue weighted by molar-refractivity contribution is 0.0408. The second-order valence-corrected chi connectivity index (χ2v) is 22.1. The van der Waals surface area contributed by atoms with Crippen molar-refractivity contribution in [2.45, 2.75) is 207 Å². The summed E-state index contributed by atoms with van der Waals surface area (Å²) in [6.07, 6.45) is 7.09. The van der Waals surface area contributed by atoms with Crippen molar-refractivity contribution >= 4 is 0 Å². The van der Waals surface area contributed by atoms with Crippen LogP contribution in [-0.2, 0) is 0 Å². The third-order valence-electron chi connectivity index (χ3n) is 14.8. The van der Waals surface area contributed by atoms with Crippen molar-refractivity contribution in [2.75, 3.05) is 78.5 Å². The lowest BCUT2D eigenvalue weighted by atomic mass is 9.86. The van der Waals surface area contributed by atoms with Crippen molar-refractivity contribution in [3.63, 3.8) is 0 Å². The van der Waals surface area contributed by atoms with Gasteiger partial charge in [-0.1, -0.05) is 55.4 Å². The van der Waals surface area contributed by atoms with Crippen LogP contribution < -0.4 is 0 Å². The number of hydrogen-bond acceptors (Lipinski definition) is 6. The molecule has 5 saturated heterocycles. The molecule has 5 fully saturated rings. The molecule has 0 N–H and O–H groups in total. The van der Waals surface area contributed by atoms with Crippen LogP contribution in [0.2, 0.25) is 0 Å². The fourth-order valence-corrected chi connectivity index (χ4v) is 9.15. The highest BCUT2D eigenvalue weighted by molar-refractivity contribution is 4.84. The molecule has 6 heteroatoms. The third-order valence-corrected chi connectivity index (χ3v) is 14.8. The van der Waals surface area contributed by atoms with Gasteiger partial charge in [0.1, 0.15) is 0 Å². The Morgan fingerprint density at radius 1 is 0.246 bits per heavy atom. The Labute approximate surface area is 361 Å². The highest BCUT2D eigenvalue weighted by Gasteiger charge is 2.30. The molecule has 5 rings (SSSR count). The first-order valence-corrected chi connectivity index (χ1v) is 25.0. The maximum absolute atomic E-state index is 2.62. The number of piperidine rings is 2. The van der Waals surface area contributed by atoms with Gasteiger partial charge in [0, 0.05) is 88.6 Å². The SMILES string of the molecule is CC(C)C1CCCN(C(C)C)C1.CC(C)C1CCN(C(C)C)C1.CC(C)C1CCN(C(C)C)CC1.CC(C)C1CN(C(C)C)C1.CC(C)N1CCN(C(C)C)CC1. The van der Waals surface area contributed by atoms with Crippen LogP contribution in [0, 0.1) is 47.3 Å². The zero-order chi connectivity index (χ0) is 43.6. The predicted octanol–water partition coefficient (Wildman–Crippen LogP) is 11.3. The lowest BCUT2D eigenvalue weighted by Crippen LogP contribution is -2.51. The van der Waals surface area contributed by atoms with Crippen LogP contribution in [0.5, 0.6) is 0 Å². The van der Waals surface area contributed by atoms with E-state index in [-0.39, 0.29) is 0 Å². The van der Waals surface area contributed by atoms with Gasteiger partial charge >= 0.3 is 0 Å². The van der Waals surface area contributed by atoms with Gasteiger partial charge in [0.15, 0.2) is 0 Å². The van der Waals surface area contributed by atoms with Gasteiger partial charge in [0.2, 0.25) is 0 Å². The molecule has 0 spiro atoms. The second kappa shape index (κ2) is 28.4. The highest BCUT2D eigenvalue weighted by atomic mass is 15.3. The quantitative estimate of drug-likeness (QED) is 0.218. The van der Waals surface area contributed by atoms with E-state index in [4.69, 9.17) is 0 Å². The number of likely N-dealkylation sites (tertiary alicyclic amines) is 4. The van der Waals surface area contributed by atoms with Crippen molar-refractivity contribution in [1.29, 1.82) is 0 Å². The third kappa shape index (κ3) is 21.4. The van der Waals surface area contributed by atoms with Crippen LogP contribution >= 0.6 is 0 Å². The van der Waals surface area contributed by atoms with Crippen LogP contribution in [0.15, 0.2) is 0 Å². The average Bonchev–Trinajstić information content (AvgIpc) is 3.64. The Kier molecular flexibility index (Phi) is 27.3. The standard InChI is InChI=1S/2C11H23N.C10H22N2.C10H21N.C9H19N/c1-9(2)11-5-7-12(8-6-11)10(3)4;1-9(2)11-6-5-7-12(8-11)10(3)4;1-9(2)11-5-7-12(8-6-11)10(3)4;1-8(2)10-5-6-11(7-10)9(3)4;1-7(2)9-5-10(6-9)8(3)4/h2*9-11H,5-8H2,1-4H3;9-10H,5-8H2,1-4H3;8-10H,5-7H2,1-4H3;7-9H,5-6H2,1-4H3. The molecule has 57 heavy (non-hydrogen) atoms. The van der Waals surface area contributed by atoms with E-state index in [2.05, 4.69) is 168 Å². The maximum Gasteiger partial charge on any atom is 0.0113 e. The molecule has 2 atom stereocenters. The van der Waals surface area contributed by atoms with Gasteiger partial charge in [-0.3, -0.25) is 9.80 Å². The zero-order valence-electron chi connectivity index (χ0n) is 42.8. The van der Waals surface area contributed by atoms with E-state index < -0.39 is 0 Å². The van der Waals surface area contributed by atoms with Gasteiger partial charge in [0.25, 0.3) is 0 Å². The molecule has 0 radical (unpaired) electrons. The number of piperazine rings is 1. The molecule has 5 heterocycles. The highest BCUT2D eigenvalue weighted by Crippen LogP contribution is 2.27. The van der Waals surface area contributed by atoms with Crippen LogP contribution in [0.4, 0.5) is 0 Å². The molecule has 0 bridgehead atoms. The Morgan fingerprint density at radius 2 is 0.509 bits per heavy atom. The minimum Gasteiger partial charge on any atom is -0.301 e. The van der Waals surface area contributed by atoms with E-state index in [0.29, 0.717) is 0 Å². The van der Waals surface area contributed by atoms with Crippen LogP contribution in [-0.4, -0.2) is 144 Å². The number of rotatable bonds is 10.